The van der Waals surface area contributed by atoms with Gasteiger partial charge in [0, 0.05) is 0 Å². The van der Waals surface area contributed by atoms with E-state index in [0.29, 0.717) is 6.61 Å². The van der Waals surface area contributed by atoms with Gasteiger partial charge in [0.15, 0.2) is 0 Å². The molecule has 0 amide bonds. The minimum atomic E-state index is -1.06. The molecule has 0 aromatic heterocycles. The minimum Gasteiger partial charge on any atom is -0.507 e. The van der Waals surface area contributed by atoms with Crippen LogP contribution in [0.25, 0.3) is 12.2 Å². The van der Waals surface area contributed by atoms with Crippen molar-refractivity contribution < 1.29 is 43.5 Å². The fourth-order valence-electron chi connectivity index (χ4n) is 4.76. The average Bonchev–Trinajstić information content (AvgIpc) is 3.16. The number of phenols is 1. The van der Waals surface area contributed by atoms with Gasteiger partial charge in [0.2, 0.25) is 11.5 Å². The van der Waals surface area contributed by atoms with Crippen molar-refractivity contribution in [1.29, 1.82) is 0 Å². The first-order chi connectivity index (χ1) is 25.2. The van der Waals surface area contributed by atoms with Gasteiger partial charge in [0.05, 0.1) is 20.8 Å². The normalized spacial score (nSPS) is 11.5. The molecule has 0 heterocycles. The second kappa shape index (κ2) is 28.6. The SMILES string of the molecule is CCCCCC(CC)OC(=O)c1ccccc1O.CCCCCCCCOC(=O)C(=Cc1ccccc1)OC.COC(=Cc1ccccc1)C(=O)O. The third-order valence-corrected chi connectivity index (χ3v) is 7.76. The zero-order chi connectivity index (χ0) is 38.4. The van der Waals surface area contributed by atoms with E-state index in [9.17, 15) is 19.5 Å². The van der Waals surface area contributed by atoms with Gasteiger partial charge in [-0.05, 0) is 61.1 Å². The van der Waals surface area contributed by atoms with Crippen molar-refractivity contribution in [2.45, 2.75) is 97.5 Å². The van der Waals surface area contributed by atoms with Crippen LogP contribution in [0.3, 0.4) is 0 Å². The van der Waals surface area contributed by atoms with Crippen molar-refractivity contribution in [3.05, 3.63) is 113 Å². The monoisotopic (exact) mass is 718 g/mol. The number of unbranched alkanes of at least 4 members (excludes halogenated alkanes) is 7. The largest absolute Gasteiger partial charge is 0.507 e. The third-order valence-electron chi connectivity index (χ3n) is 7.76. The van der Waals surface area contributed by atoms with Gasteiger partial charge in [-0.1, -0.05) is 139 Å². The van der Waals surface area contributed by atoms with Gasteiger partial charge >= 0.3 is 17.9 Å². The molecule has 284 valence electrons. The lowest BCUT2D eigenvalue weighted by atomic mass is 10.1. The molecule has 0 aliphatic carbocycles. The lowest BCUT2D eigenvalue weighted by Gasteiger charge is -2.16. The topological polar surface area (TPSA) is 129 Å². The molecule has 0 saturated heterocycles. The van der Waals surface area contributed by atoms with Gasteiger partial charge in [0.25, 0.3) is 0 Å². The van der Waals surface area contributed by atoms with Crippen LogP contribution in [0.4, 0.5) is 0 Å². The molecule has 0 radical (unpaired) electrons. The maximum Gasteiger partial charge on any atom is 0.373 e. The molecule has 0 fully saturated rings. The highest BCUT2D eigenvalue weighted by molar-refractivity contribution is 5.92. The molecule has 9 heteroatoms. The molecule has 0 aliphatic heterocycles. The first-order valence-corrected chi connectivity index (χ1v) is 18.2. The quantitative estimate of drug-likeness (QED) is 0.0507. The summed E-state index contributed by atoms with van der Waals surface area (Å²) < 4.78 is 20.4. The summed E-state index contributed by atoms with van der Waals surface area (Å²) in [6.45, 7) is 6.82. The second-order valence-electron chi connectivity index (χ2n) is 11.9. The van der Waals surface area contributed by atoms with Gasteiger partial charge < -0.3 is 29.2 Å². The Labute approximate surface area is 310 Å². The number of carboxylic acids is 1. The summed E-state index contributed by atoms with van der Waals surface area (Å²) in [4.78, 5) is 34.3. The number of hydrogen-bond acceptors (Lipinski definition) is 8. The highest BCUT2D eigenvalue weighted by Gasteiger charge is 2.17. The van der Waals surface area contributed by atoms with Crippen LogP contribution in [-0.4, -0.2) is 55.1 Å². The molecule has 3 aromatic carbocycles. The minimum absolute atomic E-state index is 0.0223. The van der Waals surface area contributed by atoms with E-state index >= 15 is 0 Å². The zero-order valence-corrected chi connectivity index (χ0v) is 31.6. The molecule has 1 unspecified atom stereocenters. The van der Waals surface area contributed by atoms with Gasteiger partial charge in [-0.25, -0.2) is 14.4 Å². The third kappa shape index (κ3) is 20.0. The Kier molecular flexibility index (Phi) is 24.8. The van der Waals surface area contributed by atoms with Crippen molar-refractivity contribution in [2.24, 2.45) is 0 Å². The summed E-state index contributed by atoms with van der Waals surface area (Å²) in [5, 5.41) is 18.2. The van der Waals surface area contributed by atoms with Crippen LogP contribution in [0.5, 0.6) is 5.75 Å². The molecule has 3 aromatic rings. The number of carboxylic acid groups (broad SMARTS) is 1. The number of ether oxygens (including phenoxy) is 4. The van der Waals surface area contributed by atoms with Crippen molar-refractivity contribution in [2.75, 3.05) is 20.8 Å². The van der Waals surface area contributed by atoms with Crippen LogP contribution in [0.2, 0.25) is 0 Å². The number of carbonyl (C=O) groups excluding carboxylic acids is 2. The molecule has 2 N–H and O–H groups in total. The molecule has 0 bridgehead atoms. The molecule has 52 heavy (non-hydrogen) atoms. The highest BCUT2D eigenvalue weighted by Crippen LogP contribution is 2.19. The average molecular weight is 719 g/mol. The van der Waals surface area contributed by atoms with E-state index in [4.69, 9.17) is 19.3 Å². The van der Waals surface area contributed by atoms with Crippen molar-refractivity contribution in [3.8, 4) is 5.75 Å². The summed E-state index contributed by atoms with van der Waals surface area (Å²) >= 11 is 0. The molecular formula is C43H58O9. The Balaban J connectivity index is 0.000000400. The number of para-hydroxylation sites is 1. The summed E-state index contributed by atoms with van der Waals surface area (Å²) in [7, 11) is 2.82. The van der Waals surface area contributed by atoms with Crippen LogP contribution < -0.4 is 0 Å². The van der Waals surface area contributed by atoms with Crippen LogP contribution >= 0.6 is 0 Å². The molecule has 1 atom stereocenters. The van der Waals surface area contributed by atoms with E-state index < -0.39 is 17.9 Å². The van der Waals surface area contributed by atoms with Crippen LogP contribution in [0.1, 0.15) is 113 Å². The van der Waals surface area contributed by atoms with Crippen molar-refractivity contribution in [3.63, 3.8) is 0 Å². The number of carbonyl (C=O) groups is 3. The number of aliphatic carboxylic acids is 1. The number of methoxy groups -OCH3 is 2. The van der Waals surface area contributed by atoms with E-state index in [1.807, 2.05) is 67.6 Å². The van der Waals surface area contributed by atoms with Gasteiger partial charge in [0.1, 0.15) is 17.4 Å². The maximum absolute atomic E-state index is 11.9. The molecule has 0 aliphatic rings. The molecule has 0 spiro atoms. The standard InChI is InChI=1S/C18H26O3.C15H22O3.C10H10O3/c1-3-4-5-6-7-11-14-21-18(19)17(20-2)15-16-12-9-8-10-13-16;1-3-5-6-9-12(4-2)18-15(17)13-10-7-8-11-14(13)16;1-13-9(10(11)12)7-8-5-3-2-4-6-8/h8-10,12-13,15H,3-7,11,14H2,1-2H3;7-8,10-12,16H,3-6,9H2,1-2H3;2-7H,1H3,(H,11,12). The predicted molar refractivity (Wildman–Crippen MR) is 207 cm³/mol. The van der Waals surface area contributed by atoms with Crippen LogP contribution in [-0.2, 0) is 28.5 Å². The highest BCUT2D eigenvalue weighted by atomic mass is 16.6. The van der Waals surface area contributed by atoms with Gasteiger partial charge in [-0.15, -0.1) is 0 Å². The first kappa shape index (κ1) is 45.0. The number of hydrogen-bond donors (Lipinski definition) is 2. The summed E-state index contributed by atoms with van der Waals surface area (Å²) in [6, 6.07) is 25.2. The number of rotatable bonds is 20. The van der Waals surface area contributed by atoms with E-state index in [0.717, 1.165) is 56.1 Å². The van der Waals surface area contributed by atoms with Crippen molar-refractivity contribution in [1.82, 2.24) is 0 Å². The van der Waals surface area contributed by atoms with E-state index in [2.05, 4.69) is 18.6 Å². The number of esters is 2. The van der Waals surface area contributed by atoms with Gasteiger partial charge in [-0.3, -0.25) is 0 Å². The smallest absolute Gasteiger partial charge is 0.373 e. The maximum atomic E-state index is 11.9. The predicted octanol–water partition coefficient (Wildman–Crippen LogP) is 10.2. The molecule has 0 saturated carbocycles. The van der Waals surface area contributed by atoms with Crippen LogP contribution in [0, 0.1) is 0 Å². The zero-order valence-electron chi connectivity index (χ0n) is 31.6. The fraction of sp³-hybridized carbons (Fsp3) is 0.419. The number of aromatic hydroxyl groups is 1. The Morgan fingerprint density at radius 1 is 0.654 bits per heavy atom. The fourth-order valence-corrected chi connectivity index (χ4v) is 4.76. The van der Waals surface area contributed by atoms with Crippen LogP contribution in [0.15, 0.2) is 96.4 Å². The van der Waals surface area contributed by atoms with E-state index in [1.165, 1.54) is 52.0 Å². The van der Waals surface area contributed by atoms with Crippen molar-refractivity contribution >= 4 is 30.1 Å². The Bertz CT molecular complexity index is 1470. The summed E-state index contributed by atoms with van der Waals surface area (Å²) in [5.74, 6) is -1.73. The summed E-state index contributed by atoms with van der Waals surface area (Å²) in [6.07, 6.45) is 15.2. The Morgan fingerprint density at radius 2 is 1.15 bits per heavy atom. The molecule has 9 nitrogen and oxygen atoms in total. The molecule has 3 rings (SSSR count). The van der Waals surface area contributed by atoms with E-state index in [1.54, 1.807) is 24.3 Å². The summed E-state index contributed by atoms with van der Waals surface area (Å²) in [5.41, 5.74) is 1.97. The number of phenolic OH excluding ortho intramolecular Hbond substituents is 1. The molecular weight excluding hydrogens is 660 g/mol. The lowest BCUT2D eigenvalue weighted by Crippen LogP contribution is -2.17. The Morgan fingerprint density at radius 3 is 1.67 bits per heavy atom. The lowest BCUT2D eigenvalue weighted by molar-refractivity contribution is -0.142. The Hall–Kier alpha value is -5.05. The number of benzene rings is 3. The van der Waals surface area contributed by atoms with Gasteiger partial charge in [-0.2, -0.15) is 0 Å². The second-order valence-corrected chi connectivity index (χ2v) is 11.9. The van der Waals surface area contributed by atoms with E-state index in [-0.39, 0.29) is 28.9 Å². The first-order valence-electron chi connectivity index (χ1n) is 18.2.